The van der Waals surface area contributed by atoms with E-state index in [2.05, 4.69) is 10.5 Å². The molecule has 0 saturated heterocycles. The Morgan fingerprint density at radius 1 is 1.10 bits per heavy atom. The van der Waals surface area contributed by atoms with Crippen LogP contribution in [0.3, 0.4) is 0 Å². The summed E-state index contributed by atoms with van der Waals surface area (Å²) in [6, 6.07) is 9.72. The molecule has 2 aromatic carbocycles. The third kappa shape index (κ3) is 6.19. The molecule has 0 saturated carbocycles. The number of rotatable bonds is 10. The zero-order valence-electron chi connectivity index (χ0n) is 18.2. The van der Waals surface area contributed by atoms with Crippen LogP contribution < -0.4 is 19.6 Å². The molecule has 0 bridgehead atoms. The van der Waals surface area contributed by atoms with Gasteiger partial charge in [-0.2, -0.15) is 9.41 Å². The Balaban J connectivity index is 2.01. The van der Waals surface area contributed by atoms with E-state index in [0.717, 1.165) is 4.31 Å². The van der Waals surface area contributed by atoms with E-state index in [4.69, 9.17) is 14.2 Å². The molecule has 0 aliphatic carbocycles. The lowest BCUT2D eigenvalue weighted by Gasteiger charge is -2.17. The Labute approximate surface area is 182 Å². The molecule has 1 amide bonds. The fraction of sp³-hybridized carbons (Fsp3) is 0.333. The molecule has 0 unspecified atom stereocenters. The van der Waals surface area contributed by atoms with E-state index in [-0.39, 0.29) is 4.90 Å². The largest absolute Gasteiger partial charge is 0.496 e. The first kappa shape index (κ1) is 24.2. The molecule has 31 heavy (non-hydrogen) atoms. The van der Waals surface area contributed by atoms with Crippen molar-refractivity contribution in [3.05, 3.63) is 47.5 Å². The van der Waals surface area contributed by atoms with E-state index in [1.54, 1.807) is 31.2 Å². The van der Waals surface area contributed by atoms with Gasteiger partial charge in [0.25, 0.3) is 5.91 Å². The van der Waals surface area contributed by atoms with Crippen molar-refractivity contribution in [2.75, 3.05) is 34.4 Å². The highest BCUT2D eigenvalue weighted by Crippen LogP contribution is 2.27. The average molecular weight is 450 g/mol. The molecule has 1 N–H and O–H groups in total. The number of nitrogens with one attached hydrogen (secondary N) is 1. The van der Waals surface area contributed by atoms with Crippen molar-refractivity contribution in [2.45, 2.75) is 18.7 Å². The third-order valence-electron chi connectivity index (χ3n) is 4.33. The Bertz CT molecular complexity index is 1050. The third-order valence-corrected chi connectivity index (χ3v) is 6.13. The van der Waals surface area contributed by atoms with Crippen LogP contribution in [0.15, 0.2) is 46.4 Å². The normalized spacial score (nSPS) is 11.5. The topological polar surface area (TPSA) is 107 Å². The smallest absolute Gasteiger partial charge is 0.255 e. The van der Waals surface area contributed by atoms with Crippen molar-refractivity contribution < 1.29 is 27.4 Å². The van der Waals surface area contributed by atoms with Crippen LogP contribution in [-0.2, 0) is 14.8 Å². The molecule has 168 valence electrons. The standard InChI is InChI=1S/C21H27N3O6S/c1-6-30-19-9-7-16(12-20(19)29-5)13-22-23-21(25)14-24(3)31(26,27)17-8-10-18(28-4)15(2)11-17/h7-13H,6,14H2,1-5H3,(H,23,25). The number of benzene rings is 2. The van der Waals surface area contributed by atoms with Gasteiger partial charge in [0.2, 0.25) is 10.0 Å². The van der Waals surface area contributed by atoms with Crippen LogP contribution >= 0.6 is 0 Å². The van der Waals surface area contributed by atoms with Gasteiger partial charge in [-0.25, -0.2) is 13.8 Å². The summed E-state index contributed by atoms with van der Waals surface area (Å²) in [5.74, 6) is 1.15. The first-order valence-corrected chi connectivity index (χ1v) is 10.9. The van der Waals surface area contributed by atoms with Gasteiger partial charge in [-0.05, 0) is 61.4 Å². The van der Waals surface area contributed by atoms with E-state index >= 15 is 0 Å². The molecule has 0 aromatic heterocycles. The first-order chi connectivity index (χ1) is 14.7. The van der Waals surface area contributed by atoms with Gasteiger partial charge in [-0.3, -0.25) is 4.79 Å². The lowest BCUT2D eigenvalue weighted by molar-refractivity contribution is -0.121. The molecule has 10 heteroatoms. The number of hydrogen-bond acceptors (Lipinski definition) is 7. The predicted octanol–water partition coefficient (Wildman–Crippen LogP) is 2.18. The van der Waals surface area contributed by atoms with Crippen LogP contribution in [0, 0.1) is 6.92 Å². The number of sulfonamides is 1. The SMILES string of the molecule is CCOc1ccc(C=NNC(=O)CN(C)S(=O)(=O)c2ccc(OC)c(C)c2)cc1OC. The molecule has 0 heterocycles. The van der Waals surface area contributed by atoms with Crippen molar-refractivity contribution >= 4 is 22.1 Å². The minimum atomic E-state index is -3.84. The average Bonchev–Trinajstić information content (AvgIpc) is 2.74. The molecular weight excluding hydrogens is 422 g/mol. The highest BCUT2D eigenvalue weighted by molar-refractivity contribution is 7.89. The molecule has 0 fully saturated rings. The number of nitrogens with zero attached hydrogens (tertiary/aromatic N) is 2. The number of carbonyl (C=O) groups is 1. The zero-order chi connectivity index (χ0) is 23.0. The quantitative estimate of drug-likeness (QED) is 0.440. The van der Waals surface area contributed by atoms with Gasteiger partial charge in [0.1, 0.15) is 5.75 Å². The maximum atomic E-state index is 12.7. The van der Waals surface area contributed by atoms with E-state index in [0.29, 0.717) is 35.0 Å². The van der Waals surface area contributed by atoms with Crippen molar-refractivity contribution in [1.29, 1.82) is 0 Å². The fourth-order valence-corrected chi connectivity index (χ4v) is 3.94. The number of likely N-dealkylation sites (N-methyl/N-ethyl adjacent to an activating group) is 1. The van der Waals surface area contributed by atoms with Crippen LogP contribution in [0.5, 0.6) is 17.2 Å². The molecule has 0 aliphatic rings. The van der Waals surface area contributed by atoms with E-state index in [1.165, 1.54) is 39.6 Å². The van der Waals surface area contributed by atoms with E-state index < -0.39 is 22.5 Å². The summed E-state index contributed by atoms with van der Waals surface area (Å²) in [4.78, 5) is 12.2. The van der Waals surface area contributed by atoms with Crippen LogP contribution in [0.1, 0.15) is 18.1 Å². The highest BCUT2D eigenvalue weighted by atomic mass is 32.2. The number of hydrogen-bond donors (Lipinski definition) is 1. The van der Waals surface area contributed by atoms with Gasteiger partial charge >= 0.3 is 0 Å². The monoisotopic (exact) mass is 449 g/mol. The first-order valence-electron chi connectivity index (χ1n) is 9.46. The second-order valence-corrected chi connectivity index (χ2v) is 8.57. The number of ether oxygens (including phenoxy) is 3. The Morgan fingerprint density at radius 3 is 2.39 bits per heavy atom. The second-order valence-electron chi connectivity index (χ2n) is 6.53. The number of amides is 1. The lowest BCUT2D eigenvalue weighted by atomic mass is 10.2. The highest BCUT2D eigenvalue weighted by Gasteiger charge is 2.23. The molecule has 2 aromatic rings. The molecule has 0 spiro atoms. The predicted molar refractivity (Wildman–Crippen MR) is 117 cm³/mol. The Hall–Kier alpha value is -3.11. The van der Waals surface area contributed by atoms with Crippen LogP contribution in [0.4, 0.5) is 0 Å². The number of hydrazone groups is 1. The second kappa shape index (κ2) is 10.8. The summed E-state index contributed by atoms with van der Waals surface area (Å²) in [6.07, 6.45) is 1.43. The lowest BCUT2D eigenvalue weighted by Crippen LogP contribution is -2.36. The number of methoxy groups -OCH3 is 2. The van der Waals surface area contributed by atoms with Gasteiger partial charge in [-0.15, -0.1) is 0 Å². The zero-order valence-corrected chi connectivity index (χ0v) is 19.0. The summed E-state index contributed by atoms with van der Waals surface area (Å²) in [5.41, 5.74) is 3.68. The summed E-state index contributed by atoms with van der Waals surface area (Å²) in [7, 11) is 0.525. The Morgan fingerprint density at radius 2 is 1.77 bits per heavy atom. The summed E-state index contributed by atoms with van der Waals surface area (Å²) < 4.78 is 42.2. The summed E-state index contributed by atoms with van der Waals surface area (Å²) in [5, 5.41) is 3.88. The van der Waals surface area contributed by atoms with Crippen LogP contribution in [0.2, 0.25) is 0 Å². The van der Waals surface area contributed by atoms with Gasteiger partial charge in [0, 0.05) is 7.05 Å². The maximum Gasteiger partial charge on any atom is 0.255 e. The number of carbonyl (C=O) groups excluding carboxylic acids is 1. The number of aryl methyl sites for hydroxylation is 1. The van der Waals surface area contributed by atoms with Gasteiger partial charge < -0.3 is 14.2 Å². The van der Waals surface area contributed by atoms with Crippen LogP contribution in [-0.4, -0.2) is 59.3 Å². The van der Waals surface area contributed by atoms with E-state index in [9.17, 15) is 13.2 Å². The molecular formula is C21H27N3O6S. The van der Waals surface area contributed by atoms with Gasteiger partial charge in [0.15, 0.2) is 11.5 Å². The minimum Gasteiger partial charge on any atom is -0.496 e. The molecule has 0 atom stereocenters. The molecule has 0 aliphatic heterocycles. The molecule has 2 rings (SSSR count). The van der Waals surface area contributed by atoms with Gasteiger partial charge in [0.05, 0.1) is 38.5 Å². The maximum absolute atomic E-state index is 12.7. The summed E-state index contributed by atoms with van der Waals surface area (Å²) in [6.45, 7) is 3.73. The van der Waals surface area contributed by atoms with E-state index in [1.807, 2.05) is 6.92 Å². The molecule has 0 radical (unpaired) electrons. The fourth-order valence-electron chi connectivity index (χ4n) is 2.73. The van der Waals surface area contributed by atoms with Gasteiger partial charge in [-0.1, -0.05) is 0 Å². The molecule has 9 nitrogen and oxygen atoms in total. The van der Waals surface area contributed by atoms with Crippen LogP contribution in [0.25, 0.3) is 0 Å². The van der Waals surface area contributed by atoms with Crippen molar-refractivity contribution in [1.82, 2.24) is 9.73 Å². The Kier molecular flexibility index (Phi) is 8.40. The minimum absolute atomic E-state index is 0.0751. The summed E-state index contributed by atoms with van der Waals surface area (Å²) >= 11 is 0. The van der Waals surface area contributed by atoms with Crippen molar-refractivity contribution in [2.24, 2.45) is 5.10 Å². The van der Waals surface area contributed by atoms with Crippen molar-refractivity contribution in [3.8, 4) is 17.2 Å². The van der Waals surface area contributed by atoms with Crippen molar-refractivity contribution in [3.63, 3.8) is 0 Å².